The highest BCUT2D eigenvalue weighted by Crippen LogP contribution is 2.29. The van der Waals surface area contributed by atoms with Crippen molar-refractivity contribution >= 4 is 11.3 Å². The first-order valence-electron chi connectivity index (χ1n) is 4.65. The van der Waals surface area contributed by atoms with Gasteiger partial charge in [0.05, 0.1) is 0 Å². The van der Waals surface area contributed by atoms with Gasteiger partial charge in [0.25, 0.3) is 0 Å². The minimum Gasteiger partial charge on any atom is -0.315 e. The second kappa shape index (κ2) is 3.58. The van der Waals surface area contributed by atoms with Crippen LogP contribution in [0.2, 0.25) is 0 Å². The maximum atomic E-state index is 3.20. The Kier molecular flexibility index (Phi) is 2.47. The van der Waals surface area contributed by atoms with Gasteiger partial charge in [-0.1, -0.05) is 0 Å². The molecule has 12 heavy (non-hydrogen) atoms. The number of rotatable bonds is 2. The molecule has 2 rings (SSSR count). The van der Waals surface area contributed by atoms with Crippen LogP contribution in [0.1, 0.15) is 28.2 Å². The highest BCUT2D eigenvalue weighted by Gasteiger charge is 2.12. The Hall–Kier alpha value is -0.340. The molecule has 0 fully saturated rings. The molecule has 1 aliphatic rings. The summed E-state index contributed by atoms with van der Waals surface area (Å²) in [6, 6.07) is 2.38. The van der Waals surface area contributed by atoms with Crippen LogP contribution in [-0.4, -0.2) is 7.05 Å². The Morgan fingerprint density at radius 2 is 2.25 bits per heavy atom. The molecule has 1 aromatic heterocycles. The summed E-state index contributed by atoms with van der Waals surface area (Å²) in [5, 5.41) is 3.20. The van der Waals surface area contributed by atoms with E-state index in [1.165, 1.54) is 30.6 Å². The first kappa shape index (κ1) is 8.27. The van der Waals surface area contributed by atoms with Crippen molar-refractivity contribution in [2.75, 3.05) is 7.05 Å². The van der Waals surface area contributed by atoms with Crippen LogP contribution in [0, 0.1) is 0 Å². The molecule has 0 bridgehead atoms. The molecule has 1 N–H and O–H groups in total. The third kappa shape index (κ3) is 1.54. The van der Waals surface area contributed by atoms with Gasteiger partial charge < -0.3 is 5.32 Å². The van der Waals surface area contributed by atoms with Crippen molar-refractivity contribution in [1.82, 2.24) is 5.32 Å². The van der Waals surface area contributed by atoms with Crippen LogP contribution < -0.4 is 5.32 Å². The molecule has 1 nitrogen and oxygen atoms in total. The van der Waals surface area contributed by atoms with Gasteiger partial charge >= 0.3 is 0 Å². The number of thiophene rings is 1. The van der Waals surface area contributed by atoms with E-state index in [4.69, 9.17) is 0 Å². The summed E-state index contributed by atoms with van der Waals surface area (Å²) in [4.78, 5) is 3.15. The lowest BCUT2D eigenvalue weighted by atomic mass is 9.99. The van der Waals surface area contributed by atoms with Gasteiger partial charge in [0.15, 0.2) is 0 Å². The molecular formula is C10H15NS. The van der Waals surface area contributed by atoms with E-state index < -0.39 is 0 Å². The molecule has 0 spiro atoms. The van der Waals surface area contributed by atoms with Crippen LogP contribution in [-0.2, 0) is 19.4 Å². The van der Waals surface area contributed by atoms with Crippen LogP contribution in [0.25, 0.3) is 0 Å². The fraction of sp³-hybridized carbons (Fsp3) is 0.600. The van der Waals surface area contributed by atoms with Gasteiger partial charge in [-0.3, -0.25) is 0 Å². The highest BCUT2D eigenvalue weighted by molar-refractivity contribution is 7.12. The number of aryl methyl sites for hydroxylation is 2. The molecule has 0 saturated heterocycles. The summed E-state index contributed by atoms with van der Waals surface area (Å²) in [5.74, 6) is 0. The Bertz CT molecular complexity index is 241. The number of nitrogens with one attached hydrogen (secondary N) is 1. The summed E-state index contributed by atoms with van der Waals surface area (Å²) in [6.07, 6.45) is 5.43. The number of hydrogen-bond donors (Lipinski definition) is 1. The fourth-order valence-electron chi connectivity index (χ4n) is 1.81. The first-order chi connectivity index (χ1) is 5.90. The Morgan fingerprint density at radius 3 is 3.00 bits per heavy atom. The molecule has 0 unspecified atom stereocenters. The number of hydrogen-bond acceptors (Lipinski definition) is 2. The van der Waals surface area contributed by atoms with Crippen LogP contribution in [0.4, 0.5) is 0 Å². The van der Waals surface area contributed by atoms with Crippen molar-refractivity contribution in [2.24, 2.45) is 0 Å². The van der Waals surface area contributed by atoms with Gasteiger partial charge in [0.2, 0.25) is 0 Å². The monoisotopic (exact) mass is 181 g/mol. The van der Waals surface area contributed by atoms with Gasteiger partial charge in [-0.05, 0) is 44.4 Å². The van der Waals surface area contributed by atoms with Gasteiger partial charge in [-0.25, -0.2) is 0 Å². The molecule has 2 heteroatoms. The molecule has 66 valence electrons. The molecule has 1 aromatic rings. The summed E-state index contributed by atoms with van der Waals surface area (Å²) >= 11 is 2.00. The molecular weight excluding hydrogens is 166 g/mol. The standard InChI is InChI=1S/C10H15NS/c1-11-7-9-6-8-4-2-3-5-10(8)12-9/h6,11H,2-5,7H2,1H3. The summed E-state index contributed by atoms with van der Waals surface area (Å²) < 4.78 is 0. The van der Waals surface area contributed by atoms with E-state index in [0.717, 1.165) is 6.54 Å². The van der Waals surface area contributed by atoms with E-state index in [0.29, 0.717) is 0 Å². The minimum atomic E-state index is 1.04. The molecule has 1 aliphatic carbocycles. The van der Waals surface area contributed by atoms with Gasteiger partial charge in [-0.2, -0.15) is 0 Å². The van der Waals surface area contributed by atoms with E-state index >= 15 is 0 Å². The topological polar surface area (TPSA) is 12.0 Å². The van der Waals surface area contributed by atoms with Crippen molar-refractivity contribution in [3.05, 3.63) is 21.4 Å². The summed E-state index contributed by atoms with van der Waals surface area (Å²) in [7, 11) is 2.01. The molecule has 0 atom stereocenters. The Balaban J connectivity index is 2.20. The van der Waals surface area contributed by atoms with Crippen molar-refractivity contribution in [3.8, 4) is 0 Å². The van der Waals surface area contributed by atoms with E-state index in [9.17, 15) is 0 Å². The lowest BCUT2D eigenvalue weighted by Crippen LogP contribution is -2.02. The van der Waals surface area contributed by atoms with Gasteiger partial charge in [0, 0.05) is 16.3 Å². The zero-order chi connectivity index (χ0) is 8.39. The average molecular weight is 181 g/mol. The molecule has 0 aromatic carbocycles. The van der Waals surface area contributed by atoms with Crippen molar-refractivity contribution < 1.29 is 0 Å². The Morgan fingerprint density at radius 1 is 1.42 bits per heavy atom. The maximum absolute atomic E-state index is 3.20. The largest absolute Gasteiger partial charge is 0.315 e. The molecule has 1 heterocycles. The molecule has 0 saturated carbocycles. The van der Waals surface area contributed by atoms with Gasteiger partial charge in [0.1, 0.15) is 0 Å². The van der Waals surface area contributed by atoms with Crippen molar-refractivity contribution in [3.63, 3.8) is 0 Å². The van der Waals surface area contributed by atoms with Crippen molar-refractivity contribution in [1.29, 1.82) is 0 Å². The molecule has 0 amide bonds. The van der Waals surface area contributed by atoms with Crippen LogP contribution in [0.5, 0.6) is 0 Å². The minimum absolute atomic E-state index is 1.04. The Labute approximate surface area is 77.8 Å². The molecule has 0 radical (unpaired) electrons. The van der Waals surface area contributed by atoms with Crippen LogP contribution in [0.3, 0.4) is 0 Å². The van der Waals surface area contributed by atoms with E-state index in [1.54, 1.807) is 10.4 Å². The lowest BCUT2D eigenvalue weighted by molar-refractivity contribution is 0.696. The molecule has 0 aliphatic heterocycles. The fourth-order valence-corrected chi connectivity index (χ4v) is 3.09. The predicted octanol–water partition coefficient (Wildman–Crippen LogP) is 2.35. The summed E-state index contributed by atoms with van der Waals surface area (Å²) in [6.45, 7) is 1.04. The van der Waals surface area contributed by atoms with E-state index in [1.807, 2.05) is 18.4 Å². The maximum Gasteiger partial charge on any atom is 0.0296 e. The summed E-state index contributed by atoms with van der Waals surface area (Å²) in [5.41, 5.74) is 1.62. The van der Waals surface area contributed by atoms with E-state index in [-0.39, 0.29) is 0 Å². The quantitative estimate of drug-likeness (QED) is 0.738. The van der Waals surface area contributed by atoms with Crippen LogP contribution >= 0.6 is 11.3 Å². The predicted molar refractivity (Wildman–Crippen MR) is 53.7 cm³/mol. The third-order valence-electron chi connectivity index (χ3n) is 2.40. The van der Waals surface area contributed by atoms with Crippen LogP contribution in [0.15, 0.2) is 6.07 Å². The SMILES string of the molecule is CNCc1cc2c(s1)CCCC2. The van der Waals surface area contributed by atoms with Crippen molar-refractivity contribution in [2.45, 2.75) is 32.2 Å². The average Bonchev–Trinajstić information content (AvgIpc) is 2.47. The zero-order valence-electron chi connectivity index (χ0n) is 7.52. The first-order valence-corrected chi connectivity index (χ1v) is 5.47. The third-order valence-corrected chi connectivity index (χ3v) is 3.64. The smallest absolute Gasteiger partial charge is 0.0296 e. The van der Waals surface area contributed by atoms with E-state index in [2.05, 4.69) is 11.4 Å². The zero-order valence-corrected chi connectivity index (χ0v) is 8.34. The van der Waals surface area contributed by atoms with Gasteiger partial charge in [-0.15, -0.1) is 11.3 Å². The second-order valence-corrected chi connectivity index (χ2v) is 4.62. The lowest BCUT2D eigenvalue weighted by Gasteiger charge is -2.08. The normalized spacial score (nSPS) is 16.1. The second-order valence-electron chi connectivity index (χ2n) is 3.40. The highest BCUT2D eigenvalue weighted by atomic mass is 32.1. The number of fused-ring (bicyclic) bond motifs is 1.